The quantitative estimate of drug-likeness (QED) is 0.687. The van der Waals surface area contributed by atoms with Crippen LogP contribution in [0, 0.1) is 0 Å². The Morgan fingerprint density at radius 2 is 1.83 bits per heavy atom. The van der Waals surface area contributed by atoms with E-state index in [-0.39, 0.29) is 5.41 Å². The summed E-state index contributed by atoms with van der Waals surface area (Å²) in [7, 11) is 0. The van der Waals surface area contributed by atoms with Crippen molar-refractivity contribution in [2.24, 2.45) is 0 Å². The zero-order valence-electron chi connectivity index (χ0n) is 13.0. The van der Waals surface area contributed by atoms with Gasteiger partial charge in [0.15, 0.2) is 0 Å². The first-order valence-corrected chi connectivity index (χ1v) is 7.81. The summed E-state index contributed by atoms with van der Waals surface area (Å²) >= 11 is 6.40. The molecule has 0 saturated heterocycles. The number of allylic oxidation sites excluding steroid dienone is 1. The minimum absolute atomic E-state index is 0.347. The average Bonchev–Trinajstić information content (AvgIpc) is 3.08. The second kappa shape index (κ2) is 6.39. The second-order valence-corrected chi connectivity index (χ2v) is 6.16. The molecule has 116 valence electrons. The monoisotopic (exact) mass is 323 g/mol. The van der Waals surface area contributed by atoms with Crippen molar-refractivity contribution in [2.45, 2.75) is 18.9 Å². The lowest BCUT2D eigenvalue weighted by Crippen LogP contribution is -2.30. The minimum Gasteiger partial charge on any atom is -0.252 e. The van der Waals surface area contributed by atoms with E-state index in [0.717, 1.165) is 11.1 Å². The Bertz CT molecular complexity index is 797. The molecule has 1 aromatic heterocycles. The van der Waals surface area contributed by atoms with Gasteiger partial charge in [-0.25, -0.2) is 4.98 Å². The van der Waals surface area contributed by atoms with Gasteiger partial charge < -0.3 is 0 Å². The van der Waals surface area contributed by atoms with Crippen molar-refractivity contribution >= 4 is 17.2 Å². The van der Waals surface area contributed by atoms with Crippen LogP contribution >= 0.6 is 11.6 Å². The van der Waals surface area contributed by atoms with Crippen LogP contribution in [0.15, 0.2) is 73.8 Å². The number of hydrogen-bond donors (Lipinski definition) is 0. The summed E-state index contributed by atoms with van der Waals surface area (Å²) in [5.74, 6) is 0. The number of benzene rings is 2. The van der Waals surface area contributed by atoms with Crippen molar-refractivity contribution in [1.29, 1.82) is 0 Å². The Labute approximate surface area is 141 Å². The summed E-state index contributed by atoms with van der Waals surface area (Å²) in [6.07, 6.45) is 3.27. The number of nitrogens with zero attached hydrogens (tertiary/aromatic N) is 3. The molecule has 0 saturated carbocycles. The predicted molar refractivity (Wildman–Crippen MR) is 94.3 cm³/mol. The van der Waals surface area contributed by atoms with E-state index >= 15 is 0 Å². The highest BCUT2D eigenvalue weighted by Gasteiger charge is 2.32. The molecule has 0 spiro atoms. The van der Waals surface area contributed by atoms with E-state index in [2.05, 4.69) is 35.7 Å². The lowest BCUT2D eigenvalue weighted by Gasteiger charge is -2.33. The summed E-state index contributed by atoms with van der Waals surface area (Å²) in [6.45, 7) is 7.17. The van der Waals surface area contributed by atoms with Crippen molar-refractivity contribution in [3.63, 3.8) is 0 Å². The van der Waals surface area contributed by atoms with Gasteiger partial charge in [0.2, 0.25) is 0 Å². The first kappa shape index (κ1) is 15.5. The maximum atomic E-state index is 6.40. The number of rotatable bonds is 5. The predicted octanol–water partition coefficient (Wildman–Crippen LogP) is 4.60. The molecule has 0 unspecified atom stereocenters. The molecule has 3 nitrogen and oxygen atoms in total. The van der Waals surface area contributed by atoms with Gasteiger partial charge in [-0.3, -0.25) is 4.68 Å². The fourth-order valence-corrected chi connectivity index (χ4v) is 3.06. The van der Waals surface area contributed by atoms with Gasteiger partial charge in [0.05, 0.1) is 6.54 Å². The topological polar surface area (TPSA) is 30.7 Å². The zero-order valence-corrected chi connectivity index (χ0v) is 13.7. The van der Waals surface area contributed by atoms with Gasteiger partial charge in [-0.05, 0) is 29.7 Å². The van der Waals surface area contributed by atoms with Gasteiger partial charge >= 0.3 is 0 Å². The van der Waals surface area contributed by atoms with E-state index in [1.54, 1.807) is 12.7 Å². The molecule has 0 N–H and O–H groups in total. The molecule has 0 radical (unpaired) electrons. The van der Waals surface area contributed by atoms with Crippen molar-refractivity contribution < 1.29 is 0 Å². The summed E-state index contributed by atoms with van der Waals surface area (Å²) in [5.41, 5.74) is 2.74. The first-order valence-electron chi connectivity index (χ1n) is 7.43. The lowest BCUT2D eigenvalue weighted by molar-refractivity contribution is 0.463. The highest BCUT2D eigenvalue weighted by molar-refractivity contribution is 6.32. The van der Waals surface area contributed by atoms with Crippen LogP contribution in [-0.4, -0.2) is 14.8 Å². The third-order valence-electron chi connectivity index (χ3n) is 4.22. The molecular weight excluding hydrogens is 306 g/mol. The van der Waals surface area contributed by atoms with Crippen LogP contribution in [-0.2, 0) is 12.0 Å². The highest BCUT2D eigenvalue weighted by atomic mass is 35.5. The van der Waals surface area contributed by atoms with Crippen LogP contribution in [0.1, 0.15) is 18.1 Å². The van der Waals surface area contributed by atoms with E-state index in [4.69, 9.17) is 11.6 Å². The Morgan fingerprint density at radius 3 is 2.48 bits per heavy atom. The van der Waals surface area contributed by atoms with Gasteiger partial charge in [0, 0.05) is 10.4 Å². The molecule has 0 amide bonds. The Kier molecular flexibility index (Phi) is 4.30. The van der Waals surface area contributed by atoms with Crippen LogP contribution in [0.5, 0.6) is 0 Å². The molecule has 0 aliphatic rings. The molecule has 23 heavy (non-hydrogen) atoms. The molecule has 0 fully saturated rings. The molecule has 4 heteroatoms. The van der Waals surface area contributed by atoms with Gasteiger partial charge in [0.1, 0.15) is 12.7 Å². The maximum Gasteiger partial charge on any atom is 0.137 e. The zero-order chi connectivity index (χ0) is 16.3. The molecule has 3 rings (SSSR count). The Balaban J connectivity index is 2.08. The van der Waals surface area contributed by atoms with Crippen molar-refractivity contribution in [3.8, 4) is 0 Å². The summed E-state index contributed by atoms with van der Waals surface area (Å²) in [4.78, 5) is 4.05. The van der Waals surface area contributed by atoms with Gasteiger partial charge in [-0.2, -0.15) is 5.10 Å². The van der Waals surface area contributed by atoms with E-state index < -0.39 is 0 Å². The molecule has 0 aliphatic heterocycles. The van der Waals surface area contributed by atoms with Crippen LogP contribution in [0.3, 0.4) is 0 Å². The summed E-state index contributed by atoms with van der Waals surface area (Å²) in [6, 6.07) is 18.1. The highest BCUT2D eigenvalue weighted by Crippen LogP contribution is 2.40. The van der Waals surface area contributed by atoms with E-state index in [1.807, 2.05) is 47.1 Å². The van der Waals surface area contributed by atoms with Gasteiger partial charge in [-0.15, -0.1) is 0 Å². The third-order valence-corrected chi connectivity index (χ3v) is 4.55. The molecule has 2 aromatic carbocycles. The van der Waals surface area contributed by atoms with Crippen molar-refractivity contribution in [2.75, 3.05) is 0 Å². The molecule has 1 atom stereocenters. The second-order valence-electron chi connectivity index (χ2n) is 5.75. The molecular formula is C19H18ClN3. The largest absolute Gasteiger partial charge is 0.252 e. The number of halogens is 1. The summed E-state index contributed by atoms with van der Waals surface area (Å²) < 4.78 is 1.83. The van der Waals surface area contributed by atoms with Crippen LogP contribution in [0.4, 0.5) is 0 Å². The Morgan fingerprint density at radius 1 is 1.13 bits per heavy atom. The normalized spacial score (nSPS) is 13.5. The summed E-state index contributed by atoms with van der Waals surface area (Å²) in [5, 5.41) is 4.96. The number of aromatic nitrogens is 3. The standard InChI is InChI=1S/C19H18ClN3/c1-15(17-10-6-7-11-18(17)20)19(2,12-23-14-21-13-22-23)16-8-4-3-5-9-16/h3-11,13-14H,1,12H2,2H3/t19-/m0/s1. The minimum atomic E-state index is -0.347. The molecule has 0 aliphatic carbocycles. The molecule has 0 bridgehead atoms. The first-order chi connectivity index (χ1) is 11.1. The fraction of sp³-hybridized carbons (Fsp3) is 0.158. The van der Waals surface area contributed by atoms with E-state index in [9.17, 15) is 0 Å². The van der Waals surface area contributed by atoms with Crippen LogP contribution in [0.25, 0.3) is 5.57 Å². The fourth-order valence-electron chi connectivity index (χ4n) is 2.81. The number of hydrogen-bond acceptors (Lipinski definition) is 2. The smallest absolute Gasteiger partial charge is 0.137 e. The molecule has 3 aromatic rings. The van der Waals surface area contributed by atoms with Crippen molar-refractivity contribution in [3.05, 3.63) is 90.0 Å². The van der Waals surface area contributed by atoms with Crippen LogP contribution in [0.2, 0.25) is 5.02 Å². The average molecular weight is 324 g/mol. The van der Waals surface area contributed by atoms with Crippen molar-refractivity contribution in [1.82, 2.24) is 14.8 Å². The van der Waals surface area contributed by atoms with E-state index in [0.29, 0.717) is 11.6 Å². The Hall–Kier alpha value is -2.39. The van der Waals surface area contributed by atoms with Crippen LogP contribution < -0.4 is 0 Å². The molecule has 1 heterocycles. The van der Waals surface area contributed by atoms with Gasteiger partial charge in [0.25, 0.3) is 0 Å². The third kappa shape index (κ3) is 3.06. The van der Waals surface area contributed by atoms with Gasteiger partial charge in [-0.1, -0.05) is 66.7 Å². The lowest BCUT2D eigenvalue weighted by atomic mass is 9.73. The van der Waals surface area contributed by atoms with E-state index in [1.165, 1.54) is 5.56 Å². The SMILES string of the molecule is C=C(c1ccccc1Cl)[C@](C)(Cn1cncn1)c1ccccc1. The maximum absolute atomic E-state index is 6.40.